The van der Waals surface area contributed by atoms with Crippen molar-refractivity contribution in [3.8, 4) is 11.8 Å². The summed E-state index contributed by atoms with van der Waals surface area (Å²) in [7, 11) is 1.68. The Morgan fingerprint density at radius 1 is 1.42 bits per heavy atom. The van der Waals surface area contributed by atoms with Crippen LogP contribution in [0.15, 0.2) is 18.2 Å². The molecule has 0 atom stereocenters. The van der Waals surface area contributed by atoms with E-state index in [0.717, 1.165) is 5.56 Å². The van der Waals surface area contributed by atoms with Crippen molar-refractivity contribution >= 4 is 19.7 Å². The van der Waals surface area contributed by atoms with Crippen LogP contribution in [0.4, 0.5) is 0 Å². The van der Waals surface area contributed by atoms with Crippen molar-refractivity contribution in [1.29, 1.82) is 5.26 Å². The number of rotatable bonds is 5. The minimum absolute atomic E-state index is 0.168. The van der Waals surface area contributed by atoms with Crippen LogP contribution in [-0.2, 0) is 9.05 Å². The maximum atomic E-state index is 11.1. The average molecular weight is 302 g/mol. The number of nitrogens with zero attached hydrogens (tertiary/aromatic N) is 1. The fourth-order valence-corrected chi connectivity index (χ4v) is 3.51. The van der Waals surface area contributed by atoms with E-state index in [9.17, 15) is 8.42 Å². The summed E-state index contributed by atoms with van der Waals surface area (Å²) in [5, 5.41) is 8.83. The Morgan fingerprint density at radius 3 is 2.58 bits per heavy atom. The highest BCUT2D eigenvalue weighted by atomic mass is 35.7. The van der Waals surface area contributed by atoms with Crippen LogP contribution in [0, 0.1) is 23.7 Å². The summed E-state index contributed by atoms with van der Waals surface area (Å²) in [6, 6.07) is 7.17. The third-order valence-electron chi connectivity index (χ3n) is 2.50. The molecule has 0 aliphatic rings. The molecule has 0 heterocycles. The minimum Gasteiger partial charge on any atom is -0.493 e. The van der Waals surface area contributed by atoms with Gasteiger partial charge in [-0.25, -0.2) is 8.42 Å². The number of ether oxygens (including phenoxy) is 1. The van der Waals surface area contributed by atoms with Gasteiger partial charge in [-0.3, -0.25) is 0 Å². The molecule has 0 aliphatic carbocycles. The molecule has 104 valence electrons. The number of nitriles is 1. The van der Waals surface area contributed by atoms with Gasteiger partial charge in [0.05, 0.1) is 24.0 Å². The molecule has 0 unspecified atom stereocenters. The lowest BCUT2D eigenvalue weighted by molar-refractivity contribution is 0.199. The lowest BCUT2D eigenvalue weighted by atomic mass is 9.98. The van der Waals surface area contributed by atoms with Gasteiger partial charge in [0.15, 0.2) is 0 Å². The van der Waals surface area contributed by atoms with E-state index >= 15 is 0 Å². The van der Waals surface area contributed by atoms with E-state index in [2.05, 4.69) is 0 Å². The molecular formula is C13H16ClNO3S. The first-order valence-electron chi connectivity index (χ1n) is 5.69. The molecule has 0 radical (unpaired) electrons. The Labute approximate surface area is 118 Å². The maximum absolute atomic E-state index is 11.1. The van der Waals surface area contributed by atoms with Gasteiger partial charge >= 0.3 is 0 Å². The molecular weight excluding hydrogens is 286 g/mol. The molecule has 0 N–H and O–H groups in total. The summed E-state index contributed by atoms with van der Waals surface area (Å²) >= 11 is 0. The summed E-state index contributed by atoms with van der Waals surface area (Å²) in [4.78, 5) is 0. The first kappa shape index (κ1) is 15.8. The molecule has 1 aromatic carbocycles. The summed E-state index contributed by atoms with van der Waals surface area (Å²) in [6.45, 7) is 5.59. The Bertz CT molecular complexity index is 603. The van der Waals surface area contributed by atoms with Gasteiger partial charge < -0.3 is 4.74 Å². The van der Waals surface area contributed by atoms with E-state index in [1.807, 2.05) is 13.0 Å². The fourth-order valence-electron chi connectivity index (χ4n) is 1.61. The lowest BCUT2D eigenvalue weighted by Crippen LogP contribution is -2.28. The predicted molar refractivity (Wildman–Crippen MR) is 74.8 cm³/mol. The molecule has 0 spiro atoms. The van der Waals surface area contributed by atoms with Crippen LogP contribution in [0.2, 0.25) is 0 Å². The third-order valence-corrected chi connectivity index (χ3v) is 3.95. The highest BCUT2D eigenvalue weighted by Crippen LogP contribution is 2.25. The zero-order valence-corrected chi connectivity index (χ0v) is 12.7. The highest BCUT2D eigenvalue weighted by Gasteiger charge is 2.26. The van der Waals surface area contributed by atoms with E-state index < -0.39 is 14.5 Å². The van der Waals surface area contributed by atoms with Gasteiger partial charge in [0.25, 0.3) is 0 Å². The standard InChI is InChI=1S/C13H16ClNO3S/c1-10-4-5-11(7-15)6-12(10)18-8-13(2,3)9-19(14,16)17/h4-6H,8-9H2,1-3H3. The smallest absolute Gasteiger partial charge is 0.233 e. The van der Waals surface area contributed by atoms with Gasteiger partial charge in [0, 0.05) is 16.1 Å². The molecule has 0 amide bonds. The molecule has 0 saturated heterocycles. The molecule has 0 bridgehead atoms. The van der Waals surface area contributed by atoms with Crippen molar-refractivity contribution in [3.05, 3.63) is 29.3 Å². The van der Waals surface area contributed by atoms with Gasteiger partial charge in [-0.1, -0.05) is 19.9 Å². The Morgan fingerprint density at radius 2 is 2.05 bits per heavy atom. The summed E-state index contributed by atoms with van der Waals surface area (Å²) < 4.78 is 27.8. The highest BCUT2D eigenvalue weighted by molar-refractivity contribution is 8.13. The van der Waals surface area contributed by atoms with Crippen LogP contribution in [0.3, 0.4) is 0 Å². The Kier molecular flexibility index (Phi) is 4.83. The summed E-state index contributed by atoms with van der Waals surface area (Å²) in [5.41, 5.74) is 0.794. The van der Waals surface area contributed by atoms with Crippen molar-refractivity contribution in [2.45, 2.75) is 20.8 Å². The second-order valence-electron chi connectivity index (χ2n) is 5.23. The number of benzene rings is 1. The van der Waals surface area contributed by atoms with Crippen LogP contribution in [0.25, 0.3) is 0 Å². The number of hydrogen-bond acceptors (Lipinski definition) is 4. The van der Waals surface area contributed by atoms with E-state index in [0.29, 0.717) is 11.3 Å². The molecule has 6 heteroatoms. The first-order chi connectivity index (χ1) is 8.63. The Hall–Kier alpha value is -1.25. The van der Waals surface area contributed by atoms with Crippen LogP contribution < -0.4 is 4.74 Å². The number of halogens is 1. The average Bonchev–Trinajstić information content (AvgIpc) is 2.25. The maximum Gasteiger partial charge on any atom is 0.233 e. The number of aryl methyl sites for hydroxylation is 1. The van der Waals surface area contributed by atoms with E-state index in [1.54, 1.807) is 32.0 Å². The SMILES string of the molecule is Cc1ccc(C#N)cc1OCC(C)(C)CS(=O)(=O)Cl. The summed E-state index contributed by atoms with van der Waals surface area (Å²) in [5.74, 6) is 0.414. The van der Waals surface area contributed by atoms with Gasteiger partial charge in [-0.2, -0.15) is 5.26 Å². The van der Waals surface area contributed by atoms with E-state index in [1.165, 1.54) is 0 Å². The first-order valence-corrected chi connectivity index (χ1v) is 8.17. The molecule has 1 rings (SSSR count). The van der Waals surface area contributed by atoms with Gasteiger partial charge in [0.1, 0.15) is 5.75 Å². The van der Waals surface area contributed by atoms with E-state index in [4.69, 9.17) is 20.7 Å². The largest absolute Gasteiger partial charge is 0.493 e. The van der Waals surface area contributed by atoms with Crippen LogP contribution >= 0.6 is 10.7 Å². The second kappa shape index (κ2) is 5.81. The quantitative estimate of drug-likeness (QED) is 0.784. The zero-order chi connectivity index (χ0) is 14.7. The van der Waals surface area contributed by atoms with Crippen LogP contribution in [0.1, 0.15) is 25.0 Å². The van der Waals surface area contributed by atoms with Gasteiger partial charge in [-0.15, -0.1) is 0 Å². The molecule has 4 nitrogen and oxygen atoms in total. The van der Waals surface area contributed by atoms with Crippen molar-refractivity contribution in [1.82, 2.24) is 0 Å². The van der Waals surface area contributed by atoms with Crippen molar-refractivity contribution < 1.29 is 13.2 Å². The lowest BCUT2D eigenvalue weighted by Gasteiger charge is -2.23. The fraction of sp³-hybridized carbons (Fsp3) is 0.462. The molecule has 0 aliphatic heterocycles. The third kappa shape index (κ3) is 5.50. The van der Waals surface area contributed by atoms with Crippen molar-refractivity contribution in [3.63, 3.8) is 0 Å². The second-order valence-corrected chi connectivity index (χ2v) is 8.01. The van der Waals surface area contributed by atoms with Crippen LogP contribution in [-0.4, -0.2) is 20.8 Å². The molecule has 0 aromatic heterocycles. The van der Waals surface area contributed by atoms with Gasteiger partial charge in [0.2, 0.25) is 9.05 Å². The van der Waals surface area contributed by atoms with Crippen molar-refractivity contribution in [2.75, 3.05) is 12.4 Å². The molecule has 1 aromatic rings. The molecule has 0 fully saturated rings. The normalized spacial score (nSPS) is 11.9. The summed E-state index contributed by atoms with van der Waals surface area (Å²) in [6.07, 6.45) is 0. The monoisotopic (exact) mass is 301 g/mol. The van der Waals surface area contributed by atoms with Gasteiger partial charge in [-0.05, 0) is 24.6 Å². The minimum atomic E-state index is -3.57. The van der Waals surface area contributed by atoms with E-state index in [-0.39, 0.29) is 12.4 Å². The predicted octanol–water partition coefficient (Wildman–Crippen LogP) is 2.84. The topological polar surface area (TPSA) is 67.2 Å². The molecule has 0 saturated carbocycles. The zero-order valence-electron chi connectivity index (χ0n) is 11.1. The Balaban J connectivity index is 2.79. The van der Waals surface area contributed by atoms with Crippen LogP contribution in [0.5, 0.6) is 5.75 Å². The number of hydrogen-bond donors (Lipinski definition) is 0. The van der Waals surface area contributed by atoms with Crippen molar-refractivity contribution in [2.24, 2.45) is 5.41 Å². The molecule has 19 heavy (non-hydrogen) atoms.